The molecule has 2 saturated heterocycles. The summed E-state index contributed by atoms with van der Waals surface area (Å²) in [6, 6.07) is 4.09. The molecule has 0 bridgehead atoms. The molecule has 1 atom stereocenters. The lowest BCUT2D eigenvalue weighted by molar-refractivity contribution is -0.122. The second-order valence-electron chi connectivity index (χ2n) is 7.40. The minimum absolute atomic E-state index is 0.0103. The Balaban J connectivity index is 1.62. The van der Waals surface area contributed by atoms with Crippen LogP contribution in [0.2, 0.25) is 0 Å². The number of hydrogen-bond acceptors (Lipinski definition) is 5. The Morgan fingerprint density at radius 2 is 2.18 bits per heavy atom. The molecule has 0 saturated carbocycles. The van der Waals surface area contributed by atoms with Crippen molar-refractivity contribution >= 4 is 29.4 Å². The number of guanidine groups is 1. The second-order valence-corrected chi connectivity index (χ2v) is 8.81. The minimum atomic E-state index is -0.184. The summed E-state index contributed by atoms with van der Waals surface area (Å²) in [5, 5.41) is 4.21. The van der Waals surface area contributed by atoms with Gasteiger partial charge in [-0.2, -0.15) is 11.8 Å². The molecule has 154 valence electrons. The number of piperidine rings is 1. The topological polar surface area (TPSA) is 86.8 Å². The van der Waals surface area contributed by atoms with Gasteiger partial charge in [0.1, 0.15) is 5.82 Å². The predicted molar refractivity (Wildman–Crippen MR) is 117 cm³/mol. The van der Waals surface area contributed by atoms with Crippen LogP contribution in [0, 0.1) is 5.92 Å². The number of amides is 1. The fourth-order valence-corrected chi connectivity index (χ4v) is 5.07. The first kappa shape index (κ1) is 20.8. The first-order valence-corrected chi connectivity index (χ1v) is 11.2. The Kier molecular flexibility index (Phi) is 7.42. The normalized spacial score (nSPS) is 21.6. The highest BCUT2D eigenvalue weighted by Crippen LogP contribution is 2.25. The number of carbonyl (C=O) groups is 1. The van der Waals surface area contributed by atoms with Crippen LogP contribution in [0.1, 0.15) is 31.7 Å². The van der Waals surface area contributed by atoms with E-state index in [9.17, 15) is 4.79 Å². The zero-order valence-electron chi connectivity index (χ0n) is 16.9. The standard InChI is InChI=1S/C20H32N6OS/c1-3-17-14-26(11-12-28-17)20(22-2)24-13-16-5-4-8-23-19(16)25-9-6-15(7-10-25)18(21)27/h4-5,8,15,17H,3,6-7,9-14H2,1-2H3,(H2,21,27)(H,22,24). The number of nitrogens with zero attached hydrogens (tertiary/aromatic N) is 4. The summed E-state index contributed by atoms with van der Waals surface area (Å²) in [5.41, 5.74) is 6.62. The third kappa shape index (κ3) is 5.10. The van der Waals surface area contributed by atoms with E-state index in [1.165, 1.54) is 6.42 Å². The molecule has 0 aromatic carbocycles. The van der Waals surface area contributed by atoms with Gasteiger partial charge in [-0.25, -0.2) is 4.98 Å². The van der Waals surface area contributed by atoms with Gasteiger partial charge >= 0.3 is 0 Å². The van der Waals surface area contributed by atoms with E-state index in [2.05, 4.69) is 49.8 Å². The number of nitrogens with two attached hydrogens (primary N) is 1. The number of hydrogen-bond donors (Lipinski definition) is 2. The summed E-state index contributed by atoms with van der Waals surface area (Å²) in [5.74, 6) is 2.90. The number of aliphatic imine (C=N–C) groups is 1. The van der Waals surface area contributed by atoms with Gasteiger partial charge in [-0.3, -0.25) is 9.79 Å². The third-order valence-electron chi connectivity index (χ3n) is 5.61. The van der Waals surface area contributed by atoms with Crippen molar-refractivity contribution in [1.29, 1.82) is 0 Å². The maximum absolute atomic E-state index is 11.4. The Hall–Kier alpha value is -1.96. The smallest absolute Gasteiger partial charge is 0.220 e. The highest BCUT2D eigenvalue weighted by molar-refractivity contribution is 8.00. The van der Waals surface area contributed by atoms with Gasteiger partial charge in [0, 0.05) is 68.5 Å². The fourth-order valence-electron chi connectivity index (χ4n) is 3.89. The number of primary amides is 1. The van der Waals surface area contributed by atoms with Crippen LogP contribution in [0.15, 0.2) is 23.3 Å². The highest BCUT2D eigenvalue weighted by Gasteiger charge is 2.25. The molecule has 0 radical (unpaired) electrons. The van der Waals surface area contributed by atoms with Crippen molar-refractivity contribution in [2.45, 2.75) is 38.0 Å². The molecule has 28 heavy (non-hydrogen) atoms. The fraction of sp³-hybridized carbons (Fsp3) is 0.650. The highest BCUT2D eigenvalue weighted by atomic mass is 32.2. The zero-order chi connectivity index (χ0) is 19.9. The van der Waals surface area contributed by atoms with E-state index in [4.69, 9.17) is 5.73 Å². The van der Waals surface area contributed by atoms with E-state index in [0.29, 0.717) is 11.8 Å². The number of aromatic nitrogens is 1. The Bertz CT molecular complexity index is 689. The molecule has 1 unspecified atom stereocenters. The number of carbonyl (C=O) groups excluding carboxylic acids is 1. The van der Waals surface area contributed by atoms with Crippen molar-refractivity contribution < 1.29 is 4.79 Å². The zero-order valence-corrected chi connectivity index (χ0v) is 17.7. The SMILES string of the molecule is CCC1CN(C(=NC)NCc2cccnc2N2CCC(C(N)=O)CC2)CCS1. The van der Waals surface area contributed by atoms with E-state index in [-0.39, 0.29) is 11.8 Å². The molecular formula is C20H32N6OS. The second kappa shape index (κ2) is 10.0. The van der Waals surface area contributed by atoms with Crippen molar-refractivity contribution in [3.63, 3.8) is 0 Å². The number of pyridine rings is 1. The molecule has 3 rings (SSSR count). The Morgan fingerprint density at radius 1 is 1.39 bits per heavy atom. The van der Waals surface area contributed by atoms with Crippen molar-refractivity contribution in [3.8, 4) is 0 Å². The van der Waals surface area contributed by atoms with Crippen LogP contribution in [0.25, 0.3) is 0 Å². The quantitative estimate of drug-likeness (QED) is 0.574. The Labute approximate surface area is 172 Å². The van der Waals surface area contributed by atoms with Gasteiger partial charge in [0.15, 0.2) is 5.96 Å². The van der Waals surface area contributed by atoms with Crippen LogP contribution in [-0.4, -0.2) is 66.0 Å². The molecule has 3 N–H and O–H groups in total. The molecule has 2 aliphatic rings. The van der Waals surface area contributed by atoms with Gasteiger partial charge < -0.3 is 20.9 Å². The maximum Gasteiger partial charge on any atom is 0.220 e. The van der Waals surface area contributed by atoms with Gasteiger partial charge in [0.2, 0.25) is 5.91 Å². The van der Waals surface area contributed by atoms with Gasteiger partial charge in [0.05, 0.1) is 0 Å². The number of thioether (sulfide) groups is 1. The molecule has 2 fully saturated rings. The minimum Gasteiger partial charge on any atom is -0.369 e. The van der Waals surface area contributed by atoms with Crippen LogP contribution in [0.3, 0.4) is 0 Å². The molecule has 2 aliphatic heterocycles. The molecule has 0 spiro atoms. The lowest BCUT2D eigenvalue weighted by Gasteiger charge is -2.35. The van der Waals surface area contributed by atoms with E-state index < -0.39 is 0 Å². The predicted octanol–water partition coefficient (Wildman–Crippen LogP) is 1.69. The summed E-state index contributed by atoms with van der Waals surface area (Å²) < 4.78 is 0. The molecule has 1 aromatic heterocycles. The lowest BCUT2D eigenvalue weighted by atomic mass is 9.96. The van der Waals surface area contributed by atoms with Crippen LogP contribution < -0.4 is 16.0 Å². The monoisotopic (exact) mass is 404 g/mol. The van der Waals surface area contributed by atoms with E-state index in [0.717, 1.165) is 62.1 Å². The number of anilines is 1. The van der Waals surface area contributed by atoms with Crippen molar-refractivity contribution in [3.05, 3.63) is 23.9 Å². The molecule has 8 heteroatoms. The van der Waals surface area contributed by atoms with Crippen molar-refractivity contribution in [2.24, 2.45) is 16.6 Å². The first-order valence-electron chi connectivity index (χ1n) is 10.2. The lowest BCUT2D eigenvalue weighted by Crippen LogP contribution is -2.47. The van der Waals surface area contributed by atoms with Gasteiger partial charge in [0.25, 0.3) is 0 Å². The van der Waals surface area contributed by atoms with Gasteiger partial charge in [-0.05, 0) is 25.3 Å². The molecule has 1 aromatic rings. The summed E-state index contributed by atoms with van der Waals surface area (Å²) in [6.07, 6.45) is 4.61. The van der Waals surface area contributed by atoms with E-state index in [1.807, 2.05) is 19.3 Å². The van der Waals surface area contributed by atoms with Crippen LogP contribution in [0.5, 0.6) is 0 Å². The van der Waals surface area contributed by atoms with Gasteiger partial charge in [-0.1, -0.05) is 13.0 Å². The number of nitrogens with one attached hydrogen (secondary N) is 1. The first-order chi connectivity index (χ1) is 13.6. The number of rotatable bonds is 5. The largest absolute Gasteiger partial charge is 0.369 e. The molecule has 1 amide bonds. The van der Waals surface area contributed by atoms with Crippen molar-refractivity contribution in [1.82, 2.24) is 15.2 Å². The maximum atomic E-state index is 11.4. The molecular weight excluding hydrogens is 372 g/mol. The molecule has 3 heterocycles. The molecule has 7 nitrogen and oxygen atoms in total. The average Bonchev–Trinajstić information content (AvgIpc) is 2.74. The van der Waals surface area contributed by atoms with E-state index in [1.54, 1.807) is 0 Å². The van der Waals surface area contributed by atoms with Crippen LogP contribution in [-0.2, 0) is 11.3 Å². The Morgan fingerprint density at radius 3 is 2.86 bits per heavy atom. The summed E-state index contributed by atoms with van der Waals surface area (Å²) >= 11 is 2.06. The average molecular weight is 405 g/mol. The van der Waals surface area contributed by atoms with Crippen molar-refractivity contribution in [2.75, 3.05) is 43.9 Å². The summed E-state index contributed by atoms with van der Waals surface area (Å²) in [7, 11) is 1.85. The third-order valence-corrected chi connectivity index (χ3v) is 6.98. The van der Waals surface area contributed by atoms with Crippen LogP contribution in [0.4, 0.5) is 5.82 Å². The van der Waals surface area contributed by atoms with E-state index >= 15 is 0 Å². The molecule has 0 aliphatic carbocycles. The van der Waals surface area contributed by atoms with Gasteiger partial charge in [-0.15, -0.1) is 0 Å². The summed E-state index contributed by atoms with van der Waals surface area (Å²) in [6.45, 7) is 6.64. The summed E-state index contributed by atoms with van der Waals surface area (Å²) in [4.78, 5) is 25.2. The van der Waals surface area contributed by atoms with Crippen LogP contribution >= 0.6 is 11.8 Å².